The Balaban J connectivity index is 1.41. The summed E-state index contributed by atoms with van der Waals surface area (Å²) in [6, 6.07) is 25.1. The molecule has 3 aromatic rings. The van der Waals surface area contributed by atoms with E-state index in [0.29, 0.717) is 44.6 Å². The lowest BCUT2D eigenvalue weighted by atomic mass is 9.66. The Morgan fingerprint density at radius 1 is 0.907 bits per heavy atom. The summed E-state index contributed by atoms with van der Waals surface area (Å²) in [6.45, 7) is 6.49. The highest BCUT2D eigenvalue weighted by Crippen LogP contribution is 2.48. The highest BCUT2D eigenvalue weighted by atomic mass is 19.4. The van der Waals surface area contributed by atoms with E-state index in [2.05, 4.69) is 4.90 Å². The first kappa shape index (κ1) is 30.8. The van der Waals surface area contributed by atoms with Crippen molar-refractivity contribution < 1.29 is 27.5 Å². The van der Waals surface area contributed by atoms with Crippen LogP contribution in [0.4, 0.5) is 13.2 Å². The normalized spacial score (nSPS) is 20.4. The summed E-state index contributed by atoms with van der Waals surface area (Å²) in [5, 5.41) is 0. The molecular weight excluding hydrogens is 553 g/mol. The number of piperidine rings is 1. The van der Waals surface area contributed by atoms with E-state index in [1.165, 1.54) is 13.2 Å². The lowest BCUT2D eigenvalue weighted by molar-refractivity contribution is -0.150. The van der Waals surface area contributed by atoms with Crippen LogP contribution in [0.15, 0.2) is 84.9 Å². The lowest BCUT2D eigenvalue weighted by Gasteiger charge is -2.41. The van der Waals surface area contributed by atoms with Gasteiger partial charge >= 0.3 is 12.1 Å². The summed E-state index contributed by atoms with van der Waals surface area (Å²) in [5.41, 5.74) is -0.428. The molecule has 1 atom stereocenters. The molecule has 0 radical (unpaired) electrons. The summed E-state index contributed by atoms with van der Waals surface area (Å²) in [4.78, 5) is 31.7. The Morgan fingerprint density at radius 3 is 1.98 bits per heavy atom. The Morgan fingerprint density at radius 2 is 1.47 bits per heavy atom. The number of likely N-dealkylation sites (tertiary alicyclic amines) is 2. The van der Waals surface area contributed by atoms with Crippen molar-refractivity contribution in [1.29, 1.82) is 0 Å². The second kappa shape index (κ2) is 12.2. The van der Waals surface area contributed by atoms with E-state index in [-0.39, 0.29) is 17.9 Å². The first-order valence-electron chi connectivity index (χ1n) is 14.9. The van der Waals surface area contributed by atoms with Crippen LogP contribution < -0.4 is 0 Å². The zero-order valence-electron chi connectivity index (χ0n) is 24.9. The number of hydrogen-bond acceptors (Lipinski definition) is 4. The molecule has 228 valence electrons. The summed E-state index contributed by atoms with van der Waals surface area (Å²) in [6.07, 6.45) is -3.05. The van der Waals surface area contributed by atoms with E-state index in [4.69, 9.17) is 4.74 Å². The van der Waals surface area contributed by atoms with Gasteiger partial charge in [-0.05, 0) is 75.5 Å². The number of benzene rings is 3. The highest BCUT2D eigenvalue weighted by molar-refractivity contribution is 5.95. The lowest BCUT2D eigenvalue weighted by Crippen LogP contribution is -2.49. The van der Waals surface area contributed by atoms with Crippen LogP contribution in [0.3, 0.4) is 0 Å². The van der Waals surface area contributed by atoms with Crippen LogP contribution in [0.2, 0.25) is 0 Å². The number of amides is 1. The van der Waals surface area contributed by atoms with Crippen molar-refractivity contribution in [2.45, 2.75) is 56.2 Å². The van der Waals surface area contributed by atoms with Gasteiger partial charge in [-0.15, -0.1) is 0 Å². The van der Waals surface area contributed by atoms with Crippen LogP contribution in [0.25, 0.3) is 0 Å². The maximum Gasteiger partial charge on any atom is 0.416 e. The van der Waals surface area contributed by atoms with E-state index < -0.39 is 28.5 Å². The average Bonchev–Trinajstić information content (AvgIpc) is 3.33. The van der Waals surface area contributed by atoms with Crippen molar-refractivity contribution in [2.24, 2.45) is 5.92 Å². The third-order valence-corrected chi connectivity index (χ3v) is 9.53. The molecule has 0 aliphatic carbocycles. The molecule has 0 spiro atoms. The quantitative estimate of drug-likeness (QED) is 0.282. The molecule has 0 saturated carbocycles. The zero-order chi connectivity index (χ0) is 30.8. The van der Waals surface area contributed by atoms with Crippen LogP contribution in [-0.2, 0) is 31.3 Å². The molecule has 8 heteroatoms. The molecule has 0 aromatic heterocycles. The maximum atomic E-state index is 14.4. The van der Waals surface area contributed by atoms with Crippen LogP contribution >= 0.6 is 0 Å². The molecule has 5 nitrogen and oxygen atoms in total. The largest absolute Gasteiger partial charge is 0.468 e. The van der Waals surface area contributed by atoms with Crippen molar-refractivity contribution in [1.82, 2.24) is 9.80 Å². The van der Waals surface area contributed by atoms with Crippen LogP contribution in [0, 0.1) is 5.92 Å². The highest BCUT2D eigenvalue weighted by Gasteiger charge is 2.56. The van der Waals surface area contributed by atoms with Crippen LogP contribution in [0.5, 0.6) is 0 Å². The van der Waals surface area contributed by atoms with Crippen LogP contribution in [0.1, 0.15) is 55.4 Å². The first-order valence-corrected chi connectivity index (χ1v) is 14.9. The molecule has 2 fully saturated rings. The third kappa shape index (κ3) is 5.57. The predicted molar refractivity (Wildman–Crippen MR) is 159 cm³/mol. The van der Waals surface area contributed by atoms with Crippen LogP contribution in [-0.4, -0.2) is 61.0 Å². The van der Waals surface area contributed by atoms with Crippen molar-refractivity contribution in [2.75, 3.05) is 33.3 Å². The zero-order valence-corrected chi connectivity index (χ0v) is 24.9. The Bertz CT molecular complexity index is 1380. The molecule has 1 amide bonds. The van der Waals surface area contributed by atoms with E-state index >= 15 is 0 Å². The average molecular weight is 593 g/mol. The predicted octanol–water partition coefficient (Wildman–Crippen LogP) is 6.46. The number of esters is 1. The van der Waals surface area contributed by atoms with Gasteiger partial charge < -0.3 is 14.5 Å². The number of methoxy groups -OCH3 is 1. The van der Waals surface area contributed by atoms with Gasteiger partial charge in [0.05, 0.1) is 18.1 Å². The second-order valence-electron chi connectivity index (χ2n) is 12.1. The van der Waals surface area contributed by atoms with E-state index in [1.54, 1.807) is 6.07 Å². The van der Waals surface area contributed by atoms with E-state index in [0.717, 1.165) is 29.7 Å². The van der Waals surface area contributed by atoms with Gasteiger partial charge in [0.25, 0.3) is 0 Å². The summed E-state index contributed by atoms with van der Waals surface area (Å²) < 4.78 is 45.7. The Kier molecular flexibility index (Phi) is 8.70. The van der Waals surface area contributed by atoms with Gasteiger partial charge in [0.15, 0.2) is 0 Å². The van der Waals surface area contributed by atoms with Gasteiger partial charge in [-0.1, -0.05) is 78.9 Å². The molecule has 2 aliphatic heterocycles. The summed E-state index contributed by atoms with van der Waals surface area (Å²) in [5.74, 6) is -0.395. The number of nitrogens with zero attached hydrogens (tertiary/aromatic N) is 2. The molecule has 0 N–H and O–H groups in total. The molecule has 43 heavy (non-hydrogen) atoms. The fraction of sp³-hybridized carbons (Fsp3) is 0.429. The van der Waals surface area contributed by atoms with E-state index in [1.807, 2.05) is 79.4 Å². The number of hydrogen-bond donors (Lipinski definition) is 0. The minimum absolute atomic E-state index is 0.00274. The summed E-state index contributed by atoms with van der Waals surface area (Å²) in [7, 11) is 1.29. The molecule has 5 rings (SSSR count). The molecular formula is C35H39F3N2O3. The SMILES string of the molecule is COC(=O)C1(c2cccc(C(F)(F)F)c2)CCN(CCC2CN(C(C)C)C(=O)C2(c2ccccc2)c2ccccc2)CC1. The minimum atomic E-state index is -4.50. The number of rotatable bonds is 8. The maximum absolute atomic E-state index is 14.4. The van der Waals surface area contributed by atoms with Crippen molar-refractivity contribution in [3.8, 4) is 0 Å². The molecule has 2 saturated heterocycles. The fourth-order valence-electron chi connectivity index (χ4n) is 7.19. The monoisotopic (exact) mass is 592 g/mol. The van der Waals surface area contributed by atoms with Crippen molar-refractivity contribution in [3.05, 3.63) is 107 Å². The summed E-state index contributed by atoms with van der Waals surface area (Å²) >= 11 is 0. The van der Waals surface area contributed by atoms with Gasteiger partial charge in [0.2, 0.25) is 5.91 Å². The first-order chi connectivity index (χ1) is 20.5. The topological polar surface area (TPSA) is 49.9 Å². The van der Waals surface area contributed by atoms with Crippen molar-refractivity contribution >= 4 is 11.9 Å². The fourth-order valence-corrected chi connectivity index (χ4v) is 7.19. The number of ether oxygens (including phenoxy) is 1. The molecule has 2 heterocycles. The molecule has 0 bridgehead atoms. The minimum Gasteiger partial charge on any atom is -0.468 e. The second-order valence-corrected chi connectivity index (χ2v) is 12.1. The molecule has 3 aromatic carbocycles. The van der Waals surface area contributed by atoms with Gasteiger partial charge in [-0.25, -0.2) is 0 Å². The van der Waals surface area contributed by atoms with Gasteiger partial charge in [0.1, 0.15) is 5.41 Å². The number of alkyl halides is 3. The third-order valence-electron chi connectivity index (χ3n) is 9.53. The Hall–Kier alpha value is -3.65. The van der Waals surface area contributed by atoms with Gasteiger partial charge in [0, 0.05) is 18.5 Å². The number of carbonyl (C=O) groups is 2. The molecule has 1 unspecified atom stereocenters. The number of carbonyl (C=O) groups excluding carboxylic acids is 2. The van der Waals surface area contributed by atoms with Gasteiger partial charge in [-0.3, -0.25) is 9.59 Å². The van der Waals surface area contributed by atoms with E-state index in [9.17, 15) is 22.8 Å². The van der Waals surface area contributed by atoms with Crippen molar-refractivity contribution in [3.63, 3.8) is 0 Å². The number of halogens is 3. The molecule has 2 aliphatic rings. The van der Waals surface area contributed by atoms with Gasteiger partial charge in [-0.2, -0.15) is 13.2 Å². The smallest absolute Gasteiger partial charge is 0.416 e. The Labute approximate surface area is 251 Å². The standard InChI is InChI=1S/C35H39F3N2O3/c1-25(2)40-24-30(34(31(40)41,26-11-6-4-7-12-26)27-13-8-5-9-14-27)17-20-39-21-18-33(19-22-39,32(42)43-3)28-15-10-16-29(23-28)35(36,37)38/h4-16,23,25,30H,17-22,24H2,1-3H3.